The highest BCUT2D eigenvalue weighted by Gasteiger charge is 2.33. The molecule has 0 radical (unpaired) electrons. The Morgan fingerprint density at radius 2 is 1.91 bits per heavy atom. The van der Waals surface area contributed by atoms with Crippen molar-refractivity contribution >= 4 is 28.2 Å². The van der Waals surface area contributed by atoms with Crippen molar-refractivity contribution in [2.75, 3.05) is 24.3 Å². The van der Waals surface area contributed by atoms with Gasteiger partial charge in [-0.3, -0.25) is 9.48 Å². The molecule has 0 bridgehead atoms. The van der Waals surface area contributed by atoms with Crippen LogP contribution in [-0.2, 0) is 6.18 Å². The summed E-state index contributed by atoms with van der Waals surface area (Å²) >= 11 is 0. The molecule has 0 aliphatic heterocycles. The first-order valence-electron chi connectivity index (χ1n) is 10.4. The van der Waals surface area contributed by atoms with Crippen LogP contribution in [0, 0.1) is 0 Å². The monoisotopic (exact) mass is 447 g/mol. The maximum absolute atomic E-state index is 13.0. The van der Waals surface area contributed by atoms with Crippen LogP contribution in [0.4, 0.5) is 24.5 Å². The van der Waals surface area contributed by atoms with E-state index in [0.29, 0.717) is 11.4 Å². The Morgan fingerprint density at radius 3 is 2.56 bits per heavy atom. The zero-order chi connectivity index (χ0) is 23.0. The van der Waals surface area contributed by atoms with Crippen molar-refractivity contribution in [2.45, 2.75) is 44.0 Å². The summed E-state index contributed by atoms with van der Waals surface area (Å²) < 4.78 is 40.8. The first kappa shape index (κ1) is 22.1. The van der Waals surface area contributed by atoms with E-state index in [2.05, 4.69) is 15.4 Å². The molecule has 2 aromatic heterocycles. The number of aliphatic hydroxyl groups excluding tert-OH is 1. The largest absolute Gasteiger partial charge is 0.433 e. The van der Waals surface area contributed by atoms with Gasteiger partial charge in [0.2, 0.25) is 0 Å². The number of hydrogen-bond acceptors (Lipinski definition) is 5. The first-order valence-corrected chi connectivity index (χ1v) is 10.4. The fourth-order valence-corrected chi connectivity index (χ4v) is 3.97. The van der Waals surface area contributed by atoms with Crippen LogP contribution in [0.15, 0.2) is 36.5 Å². The number of alkyl halides is 3. The minimum absolute atomic E-state index is 0.195. The van der Waals surface area contributed by atoms with Gasteiger partial charge in [-0.2, -0.15) is 18.3 Å². The topological polar surface area (TPSA) is 83.3 Å². The van der Waals surface area contributed by atoms with E-state index in [1.54, 1.807) is 25.1 Å². The predicted molar refractivity (Wildman–Crippen MR) is 115 cm³/mol. The van der Waals surface area contributed by atoms with Crippen LogP contribution in [0.25, 0.3) is 10.9 Å². The van der Waals surface area contributed by atoms with Gasteiger partial charge in [-0.25, -0.2) is 4.98 Å². The van der Waals surface area contributed by atoms with Gasteiger partial charge >= 0.3 is 6.18 Å². The highest BCUT2D eigenvalue weighted by atomic mass is 19.4. The number of nitrogens with one attached hydrogen (secondary N) is 1. The zero-order valence-electron chi connectivity index (χ0n) is 17.7. The standard InChI is InChI=1S/C22H24F3N5O2/c1-29(2)19-11-17-13(12-30(28-17)14-6-8-15(31)9-7-14)10-18(19)27-21(32)16-4-3-5-20(26-16)22(23,24)25/h3-5,10-12,14-15,31H,6-9H2,1-2H3,(H,27,32). The number of nitrogens with zero attached hydrogens (tertiary/aromatic N) is 4. The number of anilines is 2. The molecule has 1 aromatic carbocycles. The number of carbonyl (C=O) groups excluding carboxylic acids is 1. The third-order valence-corrected chi connectivity index (χ3v) is 5.68. The van der Waals surface area contributed by atoms with E-state index in [4.69, 9.17) is 0 Å². The Labute approximate surface area is 182 Å². The molecule has 1 saturated carbocycles. The molecule has 1 aliphatic rings. The summed E-state index contributed by atoms with van der Waals surface area (Å²) in [4.78, 5) is 17.9. The lowest BCUT2D eigenvalue weighted by molar-refractivity contribution is -0.141. The molecule has 2 N–H and O–H groups in total. The first-order chi connectivity index (χ1) is 15.1. The summed E-state index contributed by atoms with van der Waals surface area (Å²) in [6.45, 7) is 0. The lowest BCUT2D eigenvalue weighted by atomic mass is 9.93. The van der Waals surface area contributed by atoms with Crippen molar-refractivity contribution in [3.8, 4) is 0 Å². The van der Waals surface area contributed by atoms with Crippen molar-refractivity contribution in [2.24, 2.45) is 0 Å². The predicted octanol–water partition coefficient (Wildman–Crippen LogP) is 4.24. The minimum atomic E-state index is -4.63. The maximum atomic E-state index is 13.0. The molecule has 170 valence electrons. The molecule has 1 aliphatic carbocycles. The number of carbonyl (C=O) groups is 1. The molecule has 2 heterocycles. The summed E-state index contributed by atoms with van der Waals surface area (Å²) in [6.07, 6.45) is 0.136. The normalized spacial score (nSPS) is 19.2. The third kappa shape index (κ3) is 4.55. The second-order valence-corrected chi connectivity index (χ2v) is 8.25. The van der Waals surface area contributed by atoms with E-state index >= 15 is 0 Å². The molecule has 3 aromatic rings. The van der Waals surface area contributed by atoms with Crippen molar-refractivity contribution in [3.63, 3.8) is 0 Å². The molecule has 0 atom stereocenters. The number of amides is 1. The van der Waals surface area contributed by atoms with Gasteiger partial charge < -0.3 is 15.3 Å². The van der Waals surface area contributed by atoms with Gasteiger partial charge in [0, 0.05) is 25.7 Å². The zero-order valence-corrected chi connectivity index (χ0v) is 17.7. The highest BCUT2D eigenvalue weighted by Crippen LogP contribution is 2.34. The quantitative estimate of drug-likeness (QED) is 0.625. The Kier molecular flexibility index (Phi) is 5.81. The lowest BCUT2D eigenvalue weighted by Crippen LogP contribution is -2.21. The minimum Gasteiger partial charge on any atom is -0.393 e. The van der Waals surface area contributed by atoms with Crippen LogP contribution in [0.3, 0.4) is 0 Å². The Balaban J connectivity index is 1.64. The number of aliphatic hydroxyl groups is 1. The van der Waals surface area contributed by atoms with E-state index in [1.165, 1.54) is 6.07 Å². The molecule has 7 nitrogen and oxygen atoms in total. The van der Waals surface area contributed by atoms with Gasteiger partial charge in [-0.1, -0.05) is 6.07 Å². The van der Waals surface area contributed by atoms with Crippen LogP contribution >= 0.6 is 0 Å². The number of hydrogen-bond donors (Lipinski definition) is 2. The van der Waals surface area contributed by atoms with E-state index < -0.39 is 17.8 Å². The SMILES string of the molecule is CN(C)c1cc2nn(C3CCC(O)CC3)cc2cc1NC(=O)c1cccc(C(F)(F)F)n1. The van der Waals surface area contributed by atoms with Crippen molar-refractivity contribution in [1.82, 2.24) is 14.8 Å². The molecule has 1 amide bonds. The number of rotatable bonds is 4. The van der Waals surface area contributed by atoms with Crippen LogP contribution in [0.5, 0.6) is 0 Å². The summed E-state index contributed by atoms with van der Waals surface area (Å²) in [5.41, 5.74) is 0.427. The van der Waals surface area contributed by atoms with Crippen LogP contribution in [-0.4, -0.2) is 46.0 Å². The van der Waals surface area contributed by atoms with Gasteiger partial charge in [-0.15, -0.1) is 0 Å². The molecule has 0 saturated heterocycles. The number of halogens is 3. The lowest BCUT2D eigenvalue weighted by Gasteiger charge is -2.25. The molecule has 32 heavy (non-hydrogen) atoms. The van der Waals surface area contributed by atoms with E-state index in [-0.39, 0.29) is 17.8 Å². The molecule has 1 fully saturated rings. The highest BCUT2D eigenvalue weighted by molar-refractivity contribution is 6.06. The van der Waals surface area contributed by atoms with Crippen molar-refractivity contribution in [3.05, 3.63) is 47.9 Å². The number of aromatic nitrogens is 3. The second kappa shape index (κ2) is 8.42. The molecule has 0 spiro atoms. The smallest absolute Gasteiger partial charge is 0.393 e. The molecule has 0 unspecified atom stereocenters. The fourth-order valence-electron chi connectivity index (χ4n) is 3.97. The van der Waals surface area contributed by atoms with E-state index in [1.807, 2.05) is 16.9 Å². The summed E-state index contributed by atoms with van der Waals surface area (Å²) in [7, 11) is 3.61. The maximum Gasteiger partial charge on any atom is 0.433 e. The average Bonchev–Trinajstić information content (AvgIpc) is 3.16. The summed E-state index contributed by atoms with van der Waals surface area (Å²) in [5, 5.41) is 17.9. The average molecular weight is 447 g/mol. The summed E-state index contributed by atoms with van der Waals surface area (Å²) in [5.74, 6) is -0.729. The van der Waals surface area contributed by atoms with Crippen LogP contribution < -0.4 is 10.2 Å². The molecular formula is C22H24F3N5O2. The number of pyridine rings is 1. The van der Waals surface area contributed by atoms with Gasteiger partial charge in [-0.05, 0) is 49.9 Å². The molecular weight excluding hydrogens is 423 g/mol. The molecule has 10 heteroatoms. The van der Waals surface area contributed by atoms with Gasteiger partial charge in [0.15, 0.2) is 0 Å². The van der Waals surface area contributed by atoms with E-state index in [9.17, 15) is 23.1 Å². The molecule has 4 rings (SSSR count). The van der Waals surface area contributed by atoms with Gasteiger partial charge in [0.25, 0.3) is 5.91 Å². The third-order valence-electron chi connectivity index (χ3n) is 5.68. The second-order valence-electron chi connectivity index (χ2n) is 8.25. The van der Waals surface area contributed by atoms with Crippen LogP contribution in [0.1, 0.15) is 47.9 Å². The number of benzene rings is 1. The van der Waals surface area contributed by atoms with Gasteiger partial charge in [0.1, 0.15) is 11.4 Å². The number of fused-ring (bicyclic) bond motifs is 1. The Morgan fingerprint density at radius 1 is 1.19 bits per heavy atom. The van der Waals surface area contributed by atoms with Crippen molar-refractivity contribution < 1.29 is 23.1 Å². The fraction of sp³-hybridized carbons (Fsp3) is 0.409. The van der Waals surface area contributed by atoms with E-state index in [0.717, 1.165) is 48.7 Å². The summed E-state index contributed by atoms with van der Waals surface area (Å²) in [6, 6.07) is 7.02. The van der Waals surface area contributed by atoms with Crippen molar-refractivity contribution in [1.29, 1.82) is 0 Å². The Bertz CT molecular complexity index is 1130. The van der Waals surface area contributed by atoms with Gasteiger partial charge in [0.05, 0.1) is 29.0 Å². The Hall–Kier alpha value is -3.14. The van der Waals surface area contributed by atoms with Crippen LogP contribution in [0.2, 0.25) is 0 Å².